The topological polar surface area (TPSA) is 46.6 Å². The van der Waals surface area contributed by atoms with E-state index in [2.05, 4.69) is 0 Å². The Balaban J connectivity index is 2.42. The van der Waals surface area contributed by atoms with E-state index in [0.29, 0.717) is 25.9 Å². The van der Waals surface area contributed by atoms with Crippen LogP contribution in [0.15, 0.2) is 0 Å². The summed E-state index contributed by atoms with van der Waals surface area (Å²) in [5.41, 5.74) is -0.471. The number of ether oxygens (including phenoxy) is 1. The molecule has 1 fully saturated rings. The number of amides is 1. The van der Waals surface area contributed by atoms with Crippen LogP contribution in [0.2, 0.25) is 6.32 Å². The molecule has 0 spiro atoms. The van der Waals surface area contributed by atoms with E-state index < -0.39 is 5.60 Å². The fraction of sp³-hybridized carbons (Fsp3) is 0.833. The maximum absolute atomic E-state index is 11.8. The van der Waals surface area contributed by atoms with Gasteiger partial charge in [-0.05, 0) is 39.9 Å². The fourth-order valence-electron chi connectivity index (χ4n) is 1.88. The Kier molecular flexibility index (Phi) is 4.60. The summed E-state index contributed by atoms with van der Waals surface area (Å²) in [4.78, 5) is 24.8. The van der Waals surface area contributed by atoms with E-state index in [1.807, 2.05) is 20.8 Å². The Labute approximate surface area is 104 Å². The van der Waals surface area contributed by atoms with Crippen molar-refractivity contribution in [1.29, 1.82) is 0 Å². The molecular formula is C12H20BNO3. The van der Waals surface area contributed by atoms with Crippen molar-refractivity contribution in [3.8, 4) is 0 Å². The smallest absolute Gasteiger partial charge is 0.410 e. The highest BCUT2D eigenvalue weighted by Gasteiger charge is 2.28. The van der Waals surface area contributed by atoms with Gasteiger partial charge in [-0.2, -0.15) is 0 Å². The molecule has 0 unspecified atom stereocenters. The average Bonchev–Trinajstić information content (AvgIpc) is 2.26. The molecule has 94 valence electrons. The van der Waals surface area contributed by atoms with Crippen LogP contribution in [-0.4, -0.2) is 43.3 Å². The molecule has 1 heterocycles. The first-order valence-electron chi connectivity index (χ1n) is 6.04. The minimum absolute atomic E-state index is 0.0127. The van der Waals surface area contributed by atoms with E-state index in [9.17, 15) is 9.59 Å². The molecule has 2 radical (unpaired) electrons. The zero-order valence-corrected chi connectivity index (χ0v) is 10.9. The summed E-state index contributed by atoms with van der Waals surface area (Å²) in [6.07, 6.45) is 1.18. The maximum atomic E-state index is 11.8. The quantitative estimate of drug-likeness (QED) is 0.688. The Hall–Kier alpha value is -0.995. The highest BCUT2D eigenvalue weighted by molar-refractivity contribution is 6.20. The number of rotatable bonds is 2. The summed E-state index contributed by atoms with van der Waals surface area (Å²) in [5, 5.41) is 0. The van der Waals surface area contributed by atoms with Gasteiger partial charge in [0.25, 0.3) is 0 Å². The standard InChI is InChI=1S/C12H20BNO3/c1-12(2,3)17-11(16)14-6-4-9(5-7-14)10(15)8-13/h9H,4-8H2,1-3H3. The third-order valence-corrected chi connectivity index (χ3v) is 2.80. The summed E-state index contributed by atoms with van der Waals surface area (Å²) in [5.74, 6) is 0.104. The highest BCUT2D eigenvalue weighted by atomic mass is 16.6. The predicted molar refractivity (Wildman–Crippen MR) is 66.1 cm³/mol. The van der Waals surface area contributed by atoms with Gasteiger partial charge >= 0.3 is 6.09 Å². The van der Waals surface area contributed by atoms with Crippen molar-refractivity contribution in [2.45, 2.75) is 45.5 Å². The molecule has 5 heteroatoms. The Morgan fingerprint density at radius 2 is 1.82 bits per heavy atom. The molecule has 17 heavy (non-hydrogen) atoms. The fourth-order valence-corrected chi connectivity index (χ4v) is 1.88. The van der Waals surface area contributed by atoms with E-state index in [4.69, 9.17) is 12.6 Å². The van der Waals surface area contributed by atoms with Gasteiger partial charge in [0.2, 0.25) is 0 Å². The monoisotopic (exact) mass is 237 g/mol. The molecule has 1 saturated heterocycles. The van der Waals surface area contributed by atoms with Crippen LogP contribution in [0.4, 0.5) is 4.79 Å². The molecule has 0 aliphatic carbocycles. The molecule has 0 atom stereocenters. The number of carbonyl (C=O) groups is 2. The van der Waals surface area contributed by atoms with Crippen LogP contribution in [-0.2, 0) is 9.53 Å². The second-order valence-corrected chi connectivity index (χ2v) is 5.41. The van der Waals surface area contributed by atoms with E-state index >= 15 is 0 Å². The van der Waals surface area contributed by atoms with Gasteiger partial charge in [-0.25, -0.2) is 4.79 Å². The van der Waals surface area contributed by atoms with Gasteiger partial charge in [-0.15, -0.1) is 0 Å². The Morgan fingerprint density at radius 1 is 1.29 bits per heavy atom. The minimum Gasteiger partial charge on any atom is -0.444 e. The van der Waals surface area contributed by atoms with Crippen molar-refractivity contribution in [3.05, 3.63) is 0 Å². The second kappa shape index (κ2) is 5.56. The van der Waals surface area contributed by atoms with Crippen molar-refractivity contribution in [3.63, 3.8) is 0 Å². The van der Waals surface area contributed by atoms with Gasteiger partial charge in [-0.3, -0.25) is 0 Å². The molecule has 1 rings (SSSR count). The number of carbonyl (C=O) groups excluding carboxylic acids is 2. The number of piperidine rings is 1. The molecular weight excluding hydrogens is 217 g/mol. The van der Waals surface area contributed by atoms with Crippen LogP contribution < -0.4 is 0 Å². The van der Waals surface area contributed by atoms with Crippen LogP contribution in [0, 0.1) is 5.92 Å². The Morgan fingerprint density at radius 3 is 2.24 bits per heavy atom. The van der Waals surface area contributed by atoms with Crippen molar-refractivity contribution in [2.75, 3.05) is 13.1 Å². The van der Waals surface area contributed by atoms with Crippen LogP contribution in [0.25, 0.3) is 0 Å². The van der Waals surface area contributed by atoms with Crippen LogP contribution in [0.5, 0.6) is 0 Å². The molecule has 0 aromatic rings. The maximum Gasteiger partial charge on any atom is 0.410 e. The molecule has 1 amide bonds. The minimum atomic E-state index is -0.471. The molecule has 4 nitrogen and oxygen atoms in total. The predicted octanol–water partition coefficient (Wildman–Crippen LogP) is 1.79. The zero-order valence-electron chi connectivity index (χ0n) is 10.9. The van der Waals surface area contributed by atoms with Gasteiger partial charge in [0, 0.05) is 19.0 Å². The van der Waals surface area contributed by atoms with Crippen molar-refractivity contribution >= 4 is 19.7 Å². The van der Waals surface area contributed by atoms with Gasteiger partial charge in [-0.1, -0.05) is 0 Å². The summed E-state index contributed by atoms with van der Waals surface area (Å²) in [6, 6.07) is 0. The lowest BCUT2D eigenvalue weighted by atomic mass is 9.86. The third kappa shape index (κ3) is 4.40. The highest BCUT2D eigenvalue weighted by Crippen LogP contribution is 2.21. The number of likely N-dealkylation sites (tertiary alicyclic amines) is 1. The lowest BCUT2D eigenvalue weighted by molar-refractivity contribution is -0.122. The molecule has 1 aliphatic rings. The summed E-state index contributed by atoms with van der Waals surface area (Å²) < 4.78 is 5.28. The second-order valence-electron chi connectivity index (χ2n) is 5.41. The summed E-state index contributed by atoms with van der Waals surface area (Å²) >= 11 is 0. The SMILES string of the molecule is [B]CC(=O)C1CCN(C(=O)OC(C)(C)C)CC1. The lowest BCUT2D eigenvalue weighted by Crippen LogP contribution is -2.42. The van der Waals surface area contributed by atoms with E-state index in [-0.39, 0.29) is 24.1 Å². The number of ketones is 1. The molecule has 0 saturated carbocycles. The van der Waals surface area contributed by atoms with Crippen LogP contribution in [0.3, 0.4) is 0 Å². The number of hydrogen-bond acceptors (Lipinski definition) is 3. The van der Waals surface area contributed by atoms with Crippen LogP contribution in [0.1, 0.15) is 33.6 Å². The zero-order chi connectivity index (χ0) is 13.1. The van der Waals surface area contributed by atoms with E-state index in [0.717, 1.165) is 0 Å². The number of hydrogen-bond donors (Lipinski definition) is 0. The molecule has 0 aromatic heterocycles. The third-order valence-electron chi connectivity index (χ3n) is 2.80. The molecule has 0 bridgehead atoms. The Bertz CT molecular complexity index is 291. The van der Waals surface area contributed by atoms with Gasteiger partial charge < -0.3 is 14.4 Å². The number of Topliss-reactive ketones (excluding diaryl/α,β-unsaturated/α-hetero) is 1. The van der Waals surface area contributed by atoms with Gasteiger partial charge in [0.05, 0.1) is 7.85 Å². The first-order valence-corrected chi connectivity index (χ1v) is 6.04. The number of nitrogens with zero attached hydrogens (tertiary/aromatic N) is 1. The lowest BCUT2D eigenvalue weighted by Gasteiger charge is -2.32. The van der Waals surface area contributed by atoms with E-state index in [1.165, 1.54) is 0 Å². The largest absolute Gasteiger partial charge is 0.444 e. The molecule has 0 N–H and O–H groups in total. The van der Waals surface area contributed by atoms with Gasteiger partial charge in [0.1, 0.15) is 11.4 Å². The molecule has 0 aromatic carbocycles. The normalized spacial score (nSPS) is 17.9. The molecule has 1 aliphatic heterocycles. The van der Waals surface area contributed by atoms with Gasteiger partial charge in [0.15, 0.2) is 0 Å². The van der Waals surface area contributed by atoms with Crippen molar-refractivity contribution in [1.82, 2.24) is 4.90 Å². The first-order chi connectivity index (χ1) is 7.83. The van der Waals surface area contributed by atoms with Crippen molar-refractivity contribution < 1.29 is 14.3 Å². The van der Waals surface area contributed by atoms with Crippen molar-refractivity contribution in [2.24, 2.45) is 5.92 Å². The van der Waals surface area contributed by atoms with Crippen LogP contribution >= 0.6 is 0 Å². The first kappa shape index (κ1) is 14.1. The van der Waals surface area contributed by atoms with E-state index in [1.54, 1.807) is 4.90 Å². The summed E-state index contributed by atoms with van der Waals surface area (Å²) in [7, 11) is 5.33. The summed E-state index contributed by atoms with van der Waals surface area (Å²) in [6.45, 7) is 6.68. The average molecular weight is 237 g/mol.